The molecule has 5 nitrogen and oxygen atoms in total. The van der Waals surface area contributed by atoms with Crippen LogP contribution in [0.2, 0.25) is 0 Å². The van der Waals surface area contributed by atoms with E-state index in [0.717, 1.165) is 35.5 Å². The average Bonchev–Trinajstić information content (AvgIpc) is 3.09. The zero-order chi connectivity index (χ0) is 17.1. The van der Waals surface area contributed by atoms with Gasteiger partial charge in [0.1, 0.15) is 10.6 Å². The first-order valence-corrected chi connectivity index (χ1v) is 8.77. The minimum Gasteiger partial charge on any atom is -0.494 e. The van der Waals surface area contributed by atoms with Crippen molar-refractivity contribution in [3.63, 3.8) is 0 Å². The minimum atomic E-state index is -0.998. The van der Waals surface area contributed by atoms with Crippen LogP contribution in [-0.2, 0) is 13.0 Å². The molecule has 1 aliphatic heterocycles. The quantitative estimate of drug-likeness (QED) is 0.901. The van der Waals surface area contributed by atoms with Gasteiger partial charge in [-0.2, -0.15) is 0 Å². The van der Waals surface area contributed by atoms with E-state index in [4.69, 9.17) is 9.84 Å². The minimum absolute atomic E-state index is 0.107. The second-order valence-corrected chi connectivity index (χ2v) is 6.81. The summed E-state index contributed by atoms with van der Waals surface area (Å²) in [6.07, 6.45) is 1.75. The van der Waals surface area contributed by atoms with E-state index in [-0.39, 0.29) is 10.8 Å². The fourth-order valence-electron chi connectivity index (χ4n) is 2.74. The maximum Gasteiger partial charge on any atom is 0.345 e. The Kier molecular flexibility index (Phi) is 4.85. The van der Waals surface area contributed by atoms with Gasteiger partial charge in [0.25, 0.3) is 5.91 Å². The van der Waals surface area contributed by atoms with E-state index in [2.05, 4.69) is 13.0 Å². The normalized spacial score (nSPS) is 13.5. The van der Waals surface area contributed by atoms with Gasteiger partial charge in [-0.25, -0.2) is 4.79 Å². The van der Waals surface area contributed by atoms with Crippen molar-refractivity contribution >= 4 is 23.2 Å². The van der Waals surface area contributed by atoms with Crippen LogP contribution in [0.15, 0.2) is 30.3 Å². The van der Waals surface area contributed by atoms with E-state index < -0.39 is 5.97 Å². The van der Waals surface area contributed by atoms with Crippen LogP contribution in [0.1, 0.15) is 43.8 Å². The number of rotatable bonds is 5. The molecule has 1 aromatic carbocycles. The number of thiophene rings is 1. The van der Waals surface area contributed by atoms with Crippen LogP contribution in [0.3, 0.4) is 0 Å². The molecule has 2 heterocycles. The third-order valence-electron chi connectivity index (χ3n) is 3.98. The second kappa shape index (κ2) is 7.05. The molecule has 6 heteroatoms. The summed E-state index contributed by atoms with van der Waals surface area (Å²) in [7, 11) is 0. The maximum atomic E-state index is 12.6. The van der Waals surface area contributed by atoms with Crippen molar-refractivity contribution in [1.29, 1.82) is 0 Å². The summed E-state index contributed by atoms with van der Waals surface area (Å²) < 4.78 is 5.66. The van der Waals surface area contributed by atoms with Gasteiger partial charge in [0, 0.05) is 13.1 Å². The SMILES string of the molecule is CCCOc1ccc2c(c1)CCN(C(=O)c1ccc(C(=O)O)s1)C2. The Labute approximate surface area is 144 Å². The molecule has 0 unspecified atom stereocenters. The molecule has 1 aliphatic rings. The first-order chi connectivity index (χ1) is 11.6. The van der Waals surface area contributed by atoms with Gasteiger partial charge in [-0.1, -0.05) is 13.0 Å². The van der Waals surface area contributed by atoms with E-state index in [0.29, 0.717) is 24.6 Å². The molecule has 24 heavy (non-hydrogen) atoms. The summed E-state index contributed by atoms with van der Waals surface area (Å²) in [6.45, 7) is 3.95. The largest absolute Gasteiger partial charge is 0.494 e. The zero-order valence-corrected chi connectivity index (χ0v) is 14.3. The lowest BCUT2D eigenvalue weighted by molar-refractivity contribution is 0.0701. The third-order valence-corrected chi connectivity index (χ3v) is 5.04. The lowest BCUT2D eigenvalue weighted by Crippen LogP contribution is -2.35. The Morgan fingerprint density at radius 3 is 2.71 bits per heavy atom. The fourth-order valence-corrected chi connectivity index (χ4v) is 3.55. The van der Waals surface area contributed by atoms with Gasteiger partial charge in [-0.05, 0) is 48.2 Å². The number of benzene rings is 1. The van der Waals surface area contributed by atoms with Gasteiger partial charge >= 0.3 is 5.97 Å². The summed E-state index contributed by atoms with van der Waals surface area (Å²) in [5.74, 6) is -0.230. The number of carbonyl (C=O) groups is 2. The number of carboxylic acid groups (broad SMARTS) is 1. The Hall–Kier alpha value is -2.34. The van der Waals surface area contributed by atoms with Crippen molar-refractivity contribution in [3.8, 4) is 5.75 Å². The van der Waals surface area contributed by atoms with Gasteiger partial charge in [-0.3, -0.25) is 4.79 Å². The van der Waals surface area contributed by atoms with Crippen LogP contribution in [-0.4, -0.2) is 35.0 Å². The summed E-state index contributed by atoms with van der Waals surface area (Å²) in [6, 6.07) is 9.08. The van der Waals surface area contributed by atoms with E-state index >= 15 is 0 Å². The number of carbonyl (C=O) groups excluding carboxylic acids is 1. The number of hydrogen-bond acceptors (Lipinski definition) is 4. The van der Waals surface area contributed by atoms with Crippen LogP contribution >= 0.6 is 11.3 Å². The highest BCUT2D eigenvalue weighted by Gasteiger charge is 2.24. The number of aromatic carboxylic acids is 1. The smallest absolute Gasteiger partial charge is 0.345 e. The van der Waals surface area contributed by atoms with Crippen LogP contribution in [0.25, 0.3) is 0 Å². The Morgan fingerprint density at radius 1 is 1.21 bits per heavy atom. The van der Waals surface area contributed by atoms with Crippen molar-refractivity contribution in [3.05, 3.63) is 51.2 Å². The molecule has 1 aromatic heterocycles. The summed E-state index contributed by atoms with van der Waals surface area (Å²) in [5.41, 5.74) is 2.33. The molecule has 0 saturated heterocycles. The number of ether oxygens (including phenoxy) is 1. The zero-order valence-electron chi connectivity index (χ0n) is 13.4. The van der Waals surface area contributed by atoms with Gasteiger partial charge in [0.15, 0.2) is 0 Å². The molecule has 3 rings (SSSR count). The van der Waals surface area contributed by atoms with Crippen molar-refractivity contribution < 1.29 is 19.4 Å². The van der Waals surface area contributed by atoms with Gasteiger partial charge in [0.2, 0.25) is 0 Å². The van der Waals surface area contributed by atoms with Crippen LogP contribution in [0.5, 0.6) is 5.75 Å². The highest BCUT2D eigenvalue weighted by Crippen LogP contribution is 2.26. The molecule has 0 bridgehead atoms. The van der Waals surface area contributed by atoms with E-state index in [1.807, 2.05) is 12.1 Å². The molecule has 0 spiro atoms. The van der Waals surface area contributed by atoms with E-state index in [1.54, 1.807) is 11.0 Å². The monoisotopic (exact) mass is 345 g/mol. The summed E-state index contributed by atoms with van der Waals surface area (Å²) in [5, 5.41) is 8.98. The van der Waals surface area contributed by atoms with Crippen molar-refractivity contribution in [2.24, 2.45) is 0 Å². The molecular weight excluding hydrogens is 326 g/mol. The number of fused-ring (bicyclic) bond motifs is 1. The first kappa shape index (κ1) is 16.5. The highest BCUT2D eigenvalue weighted by atomic mass is 32.1. The first-order valence-electron chi connectivity index (χ1n) is 7.95. The van der Waals surface area contributed by atoms with E-state index in [9.17, 15) is 9.59 Å². The van der Waals surface area contributed by atoms with Gasteiger partial charge < -0.3 is 14.7 Å². The van der Waals surface area contributed by atoms with Gasteiger partial charge in [0.05, 0.1) is 11.5 Å². The van der Waals surface area contributed by atoms with Crippen LogP contribution in [0, 0.1) is 0 Å². The van der Waals surface area contributed by atoms with Gasteiger partial charge in [-0.15, -0.1) is 11.3 Å². The molecule has 126 valence electrons. The maximum absolute atomic E-state index is 12.6. The standard InChI is InChI=1S/C18H19NO4S/c1-2-9-23-14-4-3-13-11-19(8-7-12(13)10-14)17(20)15-5-6-16(24-15)18(21)22/h3-6,10H,2,7-9,11H2,1H3,(H,21,22). The molecule has 1 N–H and O–H groups in total. The van der Waals surface area contributed by atoms with Crippen LogP contribution in [0.4, 0.5) is 0 Å². The number of hydrogen-bond donors (Lipinski definition) is 1. The lowest BCUT2D eigenvalue weighted by atomic mass is 9.99. The van der Waals surface area contributed by atoms with Crippen molar-refractivity contribution in [2.75, 3.05) is 13.2 Å². The Morgan fingerprint density at radius 2 is 2.00 bits per heavy atom. The van der Waals surface area contributed by atoms with Crippen molar-refractivity contribution in [1.82, 2.24) is 4.90 Å². The topological polar surface area (TPSA) is 66.8 Å². The molecule has 1 amide bonds. The second-order valence-electron chi connectivity index (χ2n) is 5.72. The van der Waals surface area contributed by atoms with E-state index in [1.165, 1.54) is 11.6 Å². The number of carboxylic acids is 1. The lowest BCUT2D eigenvalue weighted by Gasteiger charge is -2.28. The molecule has 0 radical (unpaired) electrons. The number of nitrogens with zero attached hydrogens (tertiary/aromatic N) is 1. The molecule has 0 aliphatic carbocycles. The predicted octanol–water partition coefficient (Wildman–Crippen LogP) is 3.43. The molecule has 2 aromatic rings. The third kappa shape index (κ3) is 3.43. The predicted molar refractivity (Wildman–Crippen MR) is 92.0 cm³/mol. The molecule has 0 atom stereocenters. The molecular formula is C18H19NO4S. The Balaban J connectivity index is 1.72. The Bertz CT molecular complexity index is 768. The van der Waals surface area contributed by atoms with Crippen LogP contribution < -0.4 is 4.74 Å². The summed E-state index contributed by atoms with van der Waals surface area (Å²) >= 11 is 1.02. The van der Waals surface area contributed by atoms with Crippen molar-refractivity contribution in [2.45, 2.75) is 26.3 Å². The molecule has 0 saturated carbocycles. The average molecular weight is 345 g/mol. The molecule has 0 fully saturated rings. The summed E-state index contributed by atoms with van der Waals surface area (Å²) in [4.78, 5) is 26.0. The number of amides is 1. The highest BCUT2D eigenvalue weighted by molar-refractivity contribution is 7.15. The fraction of sp³-hybridized carbons (Fsp3) is 0.333.